The maximum Gasteiger partial charge on any atom is 0.321 e. The SMILES string of the molecule is Cc1nc(SCC(=O)NC(=O)NC2CC2)c2c3c(sc2n1)CCCC3. The number of rotatable bonds is 4. The van der Waals surface area contributed by atoms with Crippen LogP contribution < -0.4 is 10.6 Å². The fourth-order valence-corrected chi connectivity index (χ4v) is 5.35. The van der Waals surface area contributed by atoms with Gasteiger partial charge in [0.15, 0.2) is 0 Å². The van der Waals surface area contributed by atoms with Crippen molar-refractivity contribution in [3.63, 3.8) is 0 Å². The zero-order chi connectivity index (χ0) is 17.4. The van der Waals surface area contributed by atoms with E-state index in [-0.39, 0.29) is 17.7 Å². The van der Waals surface area contributed by atoms with Crippen molar-refractivity contribution in [2.45, 2.75) is 56.5 Å². The first-order valence-corrected chi connectivity index (χ1v) is 10.4. The van der Waals surface area contributed by atoms with Gasteiger partial charge in [0.05, 0.1) is 5.75 Å². The molecule has 0 saturated heterocycles. The van der Waals surface area contributed by atoms with Gasteiger partial charge in [-0.05, 0) is 51.0 Å². The highest BCUT2D eigenvalue weighted by molar-refractivity contribution is 8.00. The summed E-state index contributed by atoms with van der Waals surface area (Å²) in [5, 5.41) is 7.12. The number of hydrogen-bond donors (Lipinski definition) is 2. The molecule has 3 amide bonds. The molecule has 2 N–H and O–H groups in total. The highest BCUT2D eigenvalue weighted by Gasteiger charge is 2.24. The van der Waals surface area contributed by atoms with E-state index in [4.69, 9.17) is 0 Å². The van der Waals surface area contributed by atoms with Crippen LogP contribution in [0.25, 0.3) is 10.2 Å². The van der Waals surface area contributed by atoms with E-state index in [2.05, 4.69) is 20.6 Å². The number of nitrogens with zero attached hydrogens (tertiary/aromatic N) is 2. The minimum absolute atomic E-state index is 0.175. The number of nitrogens with one attached hydrogen (secondary N) is 2. The normalized spacial score (nSPS) is 16.5. The average molecular weight is 377 g/mol. The lowest BCUT2D eigenvalue weighted by Gasteiger charge is -2.11. The second kappa shape index (κ2) is 6.92. The summed E-state index contributed by atoms with van der Waals surface area (Å²) in [5.41, 5.74) is 1.36. The molecule has 0 unspecified atom stereocenters. The van der Waals surface area contributed by atoms with Gasteiger partial charge in [-0.2, -0.15) is 0 Å². The summed E-state index contributed by atoms with van der Waals surface area (Å²) in [6.45, 7) is 1.88. The molecule has 25 heavy (non-hydrogen) atoms. The van der Waals surface area contributed by atoms with Gasteiger partial charge >= 0.3 is 6.03 Å². The molecule has 0 atom stereocenters. The third-order valence-electron chi connectivity index (χ3n) is 4.40. The van der Waals surface area contributed by atoms with Crippen LogP contribution in [-0.2, 0) is 17.6 Å². The van der Waals surface area contributed by atoms with Crippen LogP contribution in [0.2, 0.25) is 0 Å². The second-order valence-corrected chi connectivity index (χ2v) is 8.60. The Balaban J connectivity index is 1.49. The second-order valence-electron chi connectivity index (χ2n) is 6.55. The summed E-state index contributed by atoms with van der Waals surface area (Å²) < 4.78 is 0. The van der Waals surface area contributed by atoms with E-state index in [1.54, 1.807) is 11.3 Å². The number of aromatic nitrogens is 2. The summed E-state index contributed by atoms with van der Waals surface area (Å²) in [7, 11) is 0. The predicted molar refractivity (Wildman–Crippen MR) is 99.2 cm³/mol. The Morgan fingerprint density at radius 3 is 2.84 bits per heavy atom. The van der Waals surface area contributed by atoms with Gasteiger partial charge in [-0.1, -0.05) is 11.8 Å². The highest BCUT2D eigenvalue weighted by Crippen LogP contribution is 2.39. The smallest absolute Gasteiger partial charge is 0.321 e. The number of aryl methyl sites for hydroxylation is 3. The number of carbonyl (C=O) groups is 2. The Bertz CT molecular complexity index is 845. The zero-order valence-electron chi connectivity index (χ0n) is 14.1. The molecule has 2 heterocycles. The number of carbonyl (C=O) groups excluding carboxylic acids is 2. The van der Waals surface area contributed by atoms with Gasteiger partial charge in [0.1, 0.15) is 15.7 Å². The first kappa shape index (κ1) is 16.8. The summed E-state index contributed by atoms with van der Waals surface area (Å²) in [5.74, 6) is 0.603. The van der Waals surface area contributed by atoms with Crippen molar-refractivity contribution in [2.24, 2.45) is 0 Å². The van der Waals surface area contributed by atoms with Crippen LogP contribution >= 0.6 is 23.1 Å². The number of hydrogen-bond acceptors (Lipinski definition) is 6. The molecule has 0 bridgehead atoms. The first-order chi connectivity index (χ1) is 12.1. The van der Waals surface area contributed by atoms with Crippen molar-refractivity contribution in [3.8, 4) is 0 Å². The molecular formula is C17H20N4O2S2. The van der Waals surface area contributed by atoms with Gasteiger partial charge in [-0.15, -0.1) is 11.3 Å². The Kier molecular flexibility index (Phi) is 4.64. The molecule has 1 fully saturated rings. The Labute approximate surface area is 154 Å². The lowest BCUT2D eigenvalue weighted by molar-refractivity contribution is -0.117. The van der Waals surface area contributed by atoms with Crippen molar-refractivity contribution in [2.75, 3.05) is 5.75 Å². The molecule has 132 valence electrons. The summed E-state index contributed by atoms with van der Waals surface area (Å²) in [4.78, 5) is 35.3. The van der Waals surface area contributed by atoms with Crippen molar-refractivity contribution in [1.29, 1.82) is 0 Å². The molecule has 2 aliphatic rings. The number of fused-ring (bicyclic) bond motifs is 3. The van der Waals surface area contributed by atoms with E-state index in [0.29, 0.717) is 0 Å². The fourth-order valence-electron chi connectivity index (χ4n) is 3.08. The summed E-state index contributed by atoms with van der Waals surface area (Å²) in [6.07, 6.45) is 6.59. The van der Waals surface area contributed by atoms with Crippen LogP contribution in [0.15, 0.2) is 5.03 Å². The van der Waals surface area contributed by atoms with Crippen LogP contribution in [0, 0.1) is 6.92 Å². The maximum absolute atomic E-state index is 12.0. The van der Waals surface area contributed by atoms with Crippen LogP contribution in [0.4, 0.5) is 4.79 Å². The molecule has 8 heteroatoms. The van der Waals surface area contributed by atoms with Crippen LogP contribution in [0.1, 0.15) is 41.9 Å². The quantitative estimate of drug-likeness (QED) is 0.633. The Morgan fingerprint density at radius 2 is 2.04 bits per heavy atom. The van der Waals surface area contributed by atoms with Gasteiger partial charge in [-0.25, -0.2) is 14.8 Å². The number of imide groups is 1. The van der Waals surface area contributed by atoms with Crippen molar-refractivity contribution >= 4 is 45.3 Å². The Hall–Kier alpha value is -1.67. The van der Waals surface area contributed by atoms with Gasteiger partial charge < -0.3 is 5.32 Å². The Morgan fingerprint density at radius 1 is 1.24 bits per heavy atom. The van der Waals surface area contributed by atoms with E-state index in [1.165, 1.54) is 35.0 Å². The highest BCUT2D eigenvalue weighted by atomic mass is 32.2. The number of thioether (sulfide) groups is 1. The molecule has 1 saturated carbocycles. The fraction of sp³-hybridized carbons (Fsp3) is 0.529. The lowest BCUT2D eigenvalue weighted by atomic mass is 9.97. The van der Waals surface area contributed by atoms with E-state index in [1.807, 2.05) is 6.92 Å². The molecule has 0 aromatic carbocycles. The number of thiophene rings is 1. The standard InChI is InChI=1S/C17H20N4O2S2/c1-9-18-15(24-8-13(22)21-17(23)20-10-6-7-10)14-11-4-2-3-5-12(11)25-16(14)19-9/h10H,2-8H2,1H3,(H2,20,21,22,23). The molecule has 2 aliphatic carbocycles. The van der Waals surface area contributed by atoms with Gasteiger partial charge in [0.25, 0.3) is 0 Å². The predicted octanol–water partition coefficient (Wildman–Crippen LogP) is 2.96. The lowest BCUT2D eigenvalue weighted by Crippen LogP contribution is -2.41. The molecule has 0 radical (unpaired) electrons. The molecule has 2 aromatic rings. The topological polar surface area (TPSA) is 84.0 Å². The first-order valence-electron chi connectivity index (χ1n) is 8.62. The third kappa shape index (κ3) is 3.79. The van der Waals surface area contributed by atoms with Gasteiger partial charge in [0.2, 0.25) is 5.91 Å². The van der Waals surface area contributed by atoms with Crippen molar-refractivity contribution < 1.29 is 9.59 Å². The van der Waals surface area contributed by atoms with E-state index >= 15 is 0 Å². The van der Waals surface area contributed by atoms with Crippen LogP contribution in [-0.4, -0.2) is 33.7 Å². The third-order valence-corrected chi connectivity index (χ3v) is 6.56. The maximum atomic E-state index is 12.0. The molecule has 0 aliphatic heterocycles. The van der Waals surface area contributed by atoms with Gasteiger partial charge in [0, 0.05) is 16.3 Å². The molecule has 4 rings (SSSR count). The number of amides is 3. The van der Waals surface area contributed by atoms with E-state index in [9.17, 15) is 9.59 Å². The van der Waals surface area contributed by atoms with Crippen molar-refractivity contribution in [1.82, 2.24) is 20.6 Å². The minimum Gasteiger partial charge on any atom is -0.335 e. The molecule has 2 aromatic heterocycles. The van der Waals surface area contributed by atoms with E-state index in [0.717, 1.165) is 46.8 Å². The monoisotopic (exact) mass is 376 g/mol. The minimum atomic E-state index is -0.398. The van der Waals surface area contributed by atoms with Gasteiger partial charge in [-0.3, -0.25) is 10.1 Å². The van der Waals surface area contributed by atoms with Crippen LogP contribution in [0.5, 0.6) is 0 Å². The summed E-state index contributed by atoms with van der Waals surface area (Å²) >= 11 is 3.15. The van der Waals surface area contributed by atoms with Crippen LogP contribution in [0.3, 0.4) is 0 Å². The zero-order valence-corrected chi connectivity index (χ0v) is 15.7. The molecule has 6 nitrogen and oxygen atoms in total. The van der Waals surface area contributed by atoms with E-state index < -0.39 is 6.03 Å². The molecular weight excluding hydrogens is 356 g/mol. The average Bonchev–Trinajstić information content (AvgIpc) is 3.29. The van der Waals surface area contributed by atoms with Crippen molar-refractivity contribution in [3.05, 3.63) is 16.3 Å². The number of urea groups is 1. The summed E-state index contributed by atoms with van der Waals surface area (Å²) in [6, 6.07) is -0.160. The largest absolute Gasteiger partial charge is 0.335 e. The molecule has 0 spiro atoms.